The van der Waals surface area contributed by atoms with Crippen molar-refractivity contribution >= 4 is 55.3 Å². The first-order valence-corrected chi connectivity index (χ1v) is 6.72. The van der Waals surface area contributed by atoms with Gasteiger partial charge in [0.2, 0.25) is 0 Å². The minimum atomic E-state index is 0.845. The molecule has 0 atom stereocenters. The summed E-state index contributed by atoms with van der Waals surface area (Å²) in [4.78, 5) is 1.93. The van der Waals surface area contributed by atoms with Gasteiger partial charge < -0.3 is 4.90 Å². The molecule has 0 saturated heterocycles. The van der Waals surface area contributed by atoms with Crippen LogP contribution in [0.25, 0.3) is 10.9 Å². The van der Waals surface area contributed by atoms with Gasteiger partial charge >= 0.3 is 0 Å². The molecular weight excluding hydrogens is 304 g/mol. The summed E-state index contributed by atoms with van der Waals surface area (Å²) >= 11 is 10.4. The maximum absolute atomic E-state index is 5.28. The molecule has 0 fully saturated rings. The molecule has 0 aliphatic heterocycles. The van der Waals surface area contributed by atoms with Gasteiger partial charge in [-0.3, -0.25) is 3.97 Å². The molecule has 0 saturated carbocycles. The number of benzene rings is 1. The van der Waals surface area contributed by atoms with E-state index in [1.165, 1.54) is 10.9 Å². The molecule has 84 valence electrons. The molecule has 0 aliphatic rings. The van der Waals surface area contributed by atoms with Crippen molar-refractivity contribution < 1.29 is 0 Å². The van der Waals surface area contributed by atoms with Gasteiger partial charge in [0.1, 0.15) is 0 Å². The highest BCUT2D eigenvalue weighted by Gasteiger charge is 2.07. The smallest absolute Gasteiger partial charge is 0.156 e. The van der Waals surface area contributed by atoms with Gasteiger partial charge in [0.05, 0.1) is 5.52 Å². The molecule has 5 heteroatoms. The zero-order valence-corrected chi connectivity index (χ0v) is 12.2. The van der Waals surface area contributed by atoms with Crippen LogP contribution in [-0.2, 0) is 0 Å². The number of hydrogen-bond donors (Lipinski definition) is 0. The monoisotopic (exact) mass is 314 g/mol. The van der Waals surface area contributed by atoms with Gasteiger partial charge in [-0.25, -0.2) is 0 Å². The summed E-state index contributed by atoms with van der Waals surface area (Å²) in [6.07, 6.45) is 2.04. The average Bonchev–Trinajstić information content (AvgIpc) is 2.63. The van der Waals surface area contributed by atoms with E-state index in [0.29, 0.717) is 0 Å². The lowest BCUT2D eigenvalue weighted by molar-refractivity contribution is 0.647. The van der Waals surface area contributed by atoms with Crippen molar-refractivity contribution in [2.75, 3.05) is 14.1 Å². The molecule has 0 unspecified atom stereocenters. The van der Waals surface area contributed by atoms with E-state index in [-0.39, 0.29) is 0 Å². The fourth-order valence-electron chi connectivity index (χ4n) is 1.35. The normalized spacial score (nSPS) is 10.7. The van der Waals surface area contributed by atoms with Gasteiger partial charge in [-0.2, -0.15) is 0 Å². The SMILES string of the molecule is CN(C)C(=S)Sn1ccc2c(Br)cccc21. The first kappa shape index (κ1) is 12.0. The highest BCUT2D eigenvalue weighted by molar-refractivity contribution is 9.10. The Labute approximate surface area is 113 Å². The summed E-state index contributed by atoms with van der Waals surface area (Å²) in [6.45, 7) is 0. The van der Waals surface area contributed by atoms with Crippen LogP contribution in [0.1, 0.15) is 0 Å². The Morgan fingerprint density at radius 2 is 2.12 bits per heavy atom. The van der Waals surface area contributed by atoms with Crippen LogP contribution in [0.3, 0.4) is 0 Å². The Kier molecular flexibility index (Phi) is 3.56. The third kappa shape index (κ3) is 2.26. The Hall–Kier alpha value is -0.520. The molecule has 0 aliphatic carbocycles. The third-order valence-electron chi connectivity index (χ3n) is 2.19. The quantitative estimate of drug-likeness (QED) is 0.741. The Morgan fingerprint density at radius 3 is 2.81 bits per heavy atom. The van der Waals surface area contributed by atoms with Crippen molar-refractivity contribution in [3.8, 4) is 0 Å². The van der Waals surface area contributed by atoms with Gasteiger partial charge in [0.15, 0.2) is 4.32 Å². The Bertz CT molecular complexity index is 534. The summed E-state index contributed by atoms with van der Waals surface area (Å²) in [6, 6.07) is 8.25. The molecule has 2 nitrogen and oxygen atoms in total. The number of fused-ring (bicyclic) bond motifs is 1. The lowest BCUT2D eigenvalue weighted by Gasteiger charge is -2.13. The van der Waals surface area contributed by atoms with E-state index in [9.17, 15) is 0 Å². The molecule has 0 bridgehead atoms. The van der Waals surface area contributed by atoms with E-state index in [2.05, 4.69) is 32.0 Å². The van der Waals surface area contributed by atoms with E-state index < -0.39 is 0 Å². The molecule has 0 spiro atoms. The van der Waals surface area contributed by atoms with Crippen LogP contribution in [-0.4, -0.2) is 27.3 Å². The molecule has 16 heavy (non-hydrogen) atoms. The van der Waals surface area contributed by atoms with Crippen LogP contribution in [0.4, 0.5) is 0 Å². The predicted molar refractivity (Wildman–Crippen MR) is 78.9 cm³/mol. The molecule has 2 aromatic rings. The van der Waals surface area contributed by atoms with Gasteiger partial charge in [0.25, 0.3) is 0 Å². The lowest BCUT2D eigenvalue weighted by Crippen LogP contribution is -2.17. The predicted octanol–water partition coefficient (Wildman–Crippen LogP) is 3.75. The van der Waals surface area contributed by atoms with Crippen molar-refractivity contribution in [3.05, 3.63) is 34.9 Å². The second kappa shape index (κ2) is 4.77. The summed E-state index contributed by atoms with van der Waals surface area (Å²) in [7, 11) is 3.91. The standard InChI is InChI=1S/C11H11BrN2S2/c1-13(2)11(15)16-14-7-6-8-9(12)4-3-5-10(8)14/h3-7H,1-2H3. The molecule has 1 aromatic carbocycles. The van der Waals surface area contributed by atoms with Crippen LogP contribution in [0.15, 0.2) is 34.9 Å². The van der Waals surface area contributed by atoms with Gasteiger partial charge in [-0.05, 0) is 18.2 Å². The summed E-state index contributed by atoms with van der Waals surface area (Å²) in [5.41, 5.74) is 1.17. The third-order valence-corrected chi connectivity index (χ3v) is 4.50. The zero-order chi connectivity index (χ0) is 11.7. The largest absolute Gasteiger partial charge is 0.362 e. The van der Waals surface area contributed by atoms with Crippen molar-refractivity contribution in [3.63, 3.8) is 0 Å². The van der Waals surface area contributed by atoms with Crippen LogP contribution >= 0.6 is 40.1 Å². The van der Waals surface area contributed by atoms with Crippen molar-refractivity contribution in [2.24, 2.45) is 0 Å². The summed E-state index contributed by atoms with van der Waals surface area (Å²) < 4.78 is 4.04. The molecule has 1 heterocycles. The molecule has 2 rings (SSSR count). The number of aromatic nitrogens is 1. The minimum absolute atomic E-state index is 0.845. The molecular formula is C11H11BrN2S2. The van der Waals surface area contributed by atoms with E-state index in [1.807, 2.05) is 37.3 Å². The minimum Gasteiger partial charge on any atom is -0.362 e. The van der Waals surface area contributed by atoms with Gasteiger partial charge in [-0.15, -0.1) is 0 Å². The first-order valence-electron chi connectivity index (χ1n) is 4.75. The number of thiocarbonyl (C=S) groups is 1. The fraction of sp³-hybridized carbons (Fsp3) is 0.182. The van der Waals surface area contributed by atoms with Crippen LogP contribution in [0.2, 0.25) is 0 Å². The Morgan fingerprint density at radius 1 is 1.38 bits per heavy atom. The number of halogens is 1. The number of hydrogen-bond acceptors (Lipinski definition) is 2. The van der Waals surface area contributed by atoms with Crippen LogP contribution in [0.5, 0.6) is 0 Å². The van der Waals surface area contributed by atoms with E-state index in [0.717, 1.165) is 8.79 Å². The highest BCUT2D eigenvalue weighted by atomic mass is 79.9. The topological polar surface area (TPSA) is 8.17 Å². The van der Waals surface area contributed by atoms with Gasteiger partial charge in [-0.1, -0.05) is 34.2 Å². The average molecular weight is 315 g/mol. The van der Waals surface area contributed by atoms with Crippen LogP contribution in [0, 0.1) is 0 Å². The van der Waals surface area contributed by atoms with Crippen LogP contribution < -0.4 is 0 Å². The molecule has 0 amide bonds. The highest BCUT2D eigenvalue weighted by Crippen LogP contribution is 2.27. The second-order valence-corrected chi connectivity index (χ2v) is 6.03. The number of nitrogens with zero attached hydrogens (tertiary/aromatic N) is 2. The van der Waals surface area contributed by atoms with E-state index in [1.54, 1.807) is 11.9 Å². The molecule has 0 N–H and O–H groups in total. The summed E-state index contributed by atoms with van der Waals surface area (Å²) in [5, 5.41) is 1.21. The maximum atomic E-state index is 5.28. The zero-order valence-electron chi connectivity index (χ0n) is 8.98. The fourth-order valence-corrected chi connectivity index (χ4v) is 2.79. The first-order chi connectivity index (χ1) is 7.59. The van der Waals surface area contributed by atoms with E-state index in [4.69, 9.17) is 12.2 Å². The second-order valence-electron chi connectivity index (χ2n) is 3.57. The van der Waals surface area contributed by atoms with Crippen molar-refractivity contribution in [2.45, 2.75) is 0 Å². The van der Waals surface area contributed by atoms with Crippen molar-refractivity contribution in [1.29, 1.82) is 0 Å². The summed E-state index contributed by atoms with van der Waals surface area (Å²) in [5.74, 6) is 0. The van der Waals surface area contributed by atoms with Crippen molar-refractivity contribution in [1.82, 2.24) is 8.87 Å². The lowest BCUT2D eigenvalue weighted by atomic mass is 10.3. The number of rotatable bonds is 1. The Balaban J connectivity index is 2.39. The van der Waals surface area contributed by atoms with Gasteiger partial charge in [0, 0.05) is 42.1 Å². The van der Waals surface area contributed by atoms with E-state index >= 15 is 0 Å². The molecule has 0 radical (unpaired) electrons. The maximum Gasteiger partial charge on any atom is 0.156 e. The molecule has 1 aromatic heterocycles.